The summed E-state index contributed by atoms with van der Waals surface area (Å²) >= 11 is 0. The second-order valence-electron chi connectivity index (χ2n) is 6.58. The van der Waals surface area contributed by atoms with Crippen LogP contribution in [0.5, 0.6) is 5.75 Å². The van der Waals surface area contributed by atoms with Gasteiger partial charge in [0.1, 0.15) is 17.3 Å². The van der Waals surface area contributed by atoms with Crippen LogP contribution in [-0.2, 0) is 10.0 Å². The summed E-state index contributed by atoms with van der Waals surface area (Å²) in [5.74, 6) is 0.890. The van der Waals surface area contributed by atoms with Gasteiger partial charge in [-0.2, -0.15) is 0 Å². The number of fused-ring (bicyclic) bond motifs is 1. The predicted octanol–water partition coefficient (Wildman–Crippen LogP) is 2.37. The van der Waals surface area contributed by atoms with E-state index in [1.54, 1.807) is 6.07 Å². The molecule has 22 heavy (non-hydrogen) atoms. The van der Waals surface area contributed by atoms with Crippen LogP contribution < -0.4 is 14.4 Å². The molecule has 2 aliphatic rings. The average molecular weight is 324 g/mol. The summed E-state index contributed by atoms with van der Waals surface area (Å²) in [6.45, 7) is 6.60. The van der Waals surface area contributed by atoms with Gasteiger partial charge in [-0.1, -0.05) is 13.8 Å². The third kappa shape index (κ3) is 3.22. The smallest absolute Gasteiger partial charge is 0.244 e. The molecular formula is C16H24N2O3S. The number of ether oxygens (including phenoxy) is 1. The number of anilines is 1. The lowest BCUT2D eigenvalue weighted by molar-refractivity contribution is 0.262. The molecule has 1 N–H and O–H groups in total. The van der Waals surface area contributed by atoms with Crippen molar-refractivity contribution >= 4 is 15.7 Å². The van der Waals surface area contributed by atoms with Crippen molar-refractivity contribution < 1.29 is 13.2 Å². The minimum Gasteiger partial charge on any atom is -0.490 e. The number of nitrogens with zero attached hydrogens (tertiary/aromatic N) is 1. The van der Waals surface area contributed by atoms with Crippen molar-refractivity contribution in [2.75, 3.05) is 24.6 Å². The van der Waals surface area contributed by atoms with E-state index in [1.807, 2.05) is 12.1 Å². The summed E-state index contributed by atoms with van der Waals surface area (Å²) < 4.78 is 33.6. The summed E-state index contributed by atoms with van der Waals surface area (Å²) in [5.41, 5.74) is 1.05. The maximum atomic E-state index is 12.5. The van der Waals surface area contributed by atoms with Crippen LogP contribution in [-0.4, -0.2) is 34.2 Å². The quantitative estimate of drug-likeness (QED) is 0.927. The Balaban J connectivity index is 1.89. The molecule has 1 atom stereocenters. The largest absolute Gasteiger partial charge is 0.490 e. The lowest BCUT2D eigenvalue weighted by atomic mass is 10.1. The number of sulfonamides is 1. The van der Waals surface area contributed by atoms with Crippen molar-refractivity contribution in [2.45, 2.75) is 44.0 Å². The Labute approximate surface area is 132 Å². The summed E-state index contributed by atoms with van der Waals surface area (Å²) in [7, 11) is -3.51. The fourth-order valence-corrected chi connectivity index (χ4v) is 4.56. The van der Waals surface area contributed by atoms with E-state index in [9.17, 15) is 8.42 Å². The van der Waals surface area contributed by atoms with E-state index >= 15 is 0 Å². The Hall–Kier alpha value is -1.27. The number of nitrogens with one attached hydrogen (secondary N) is 1. The molecule has 0 unspecified atom stereocenters. The van der Waals surface area contributed by atoms with Crippen molar-refractivity contribution in [2.24, 2.45) is 5.92 Å². The molecule has 0 bridgehead atoms. The zero-order valence-corrected chi connectivity index (χ0v) is 14.0. The van der Waals surface area contributed by atoms with E-state index in [-0.39, 0.29) is 10.9 Å². The lowest BCUT2D eigenvalue weighted by Crippen LogP contribution is -2.37. The maximum absolute atomic E-state index is 12.5. The van der Waals surface area contributed by atoms with Crippen molar-refractivity contribution in [1.82, 2.24) is 4.72 Å². The Kier molecular flexibility index (Phi) is 4.32. The van der Waals surface area contributed by atoms with Crippen LogP contribution in [0.1, 0.15) is 33.1 Å². The van der Waals surface area contributed by atoms with Gasteiger partial charge in [0.2, 0.25) is 10.0 Å². The highest BCUT2D eigenvalue weighted by Crippen LogP contribution is 2.32. The molecule has 0 radical (unpaired) electrons. The molecule has 0 saturated carbocycles. The molecule has 1 saturated heterocycles. The highest BCUT2D eigenvalue weighted by Gasteiger charge is 2.29. The van der Waals surface area contributed by atoms with Gasteiger partial charge in [0.25, 0.3) is 0 Å². The first-order valence-corrected chi connectivity index (χ1v) is 9.48. The van der Waals surface area contributed by atoms with Gasteiger partial charge in [-0.3, -0.25) is 0 Å². The molecule has 0 amide bonds. The summed E-state index contributed by atoms with van der Waals surface area (Å²) in [6, 6.07) is 5.25. The number of benzene rings is 1. The maximum Gasteiger partial charge on any atom is 0.244 e. The van der Waals surface area contributed by atoms with E-state index in [1.165, 1.54) is 12.8 Å². The molecule has 1 fully saturated rings. The second kappa shape index (κ2) is 6.08. The first kappa shape index (κ1) is 15.6. The topological polar surface area (TPSA) is 58.6 Å². The zero-order valence-electron chi connectivity index (χ0n) is 13.2. The molecule has 2 heterocycles. The highest BCUT2D eigenvalue weighted by molar-refractivity contribution is 7.89. The molecule has 122 valence electrons. The molecule has 2 aliphatic heterocycles. The molecule has 0 spiro atoms. The fourth-order valence-electron chi connectivity index (χ4n) is 3.20. The van der Waals surface area contributed by atoms with Crippen LogP contribution in [0.2, 0.25) is 0 Å². The molecule has 6 heteroatoms. The van der Waals surface area contributed by atoms with Gasteiger partial charge in [0.15, 0.2) is 0 Å². The Morgan fingerprint density at radius 2 is 2.05 bits per heavy atom. The van der Waals surface area contributed by atoms with Crippen molar-refractivity contribution in [3.8, 4) is 5.75 Å². The molecule has 1 aromatic rings. The third-order valence-corrected chi connectivity index (χ3v) is 5.77. The number of hydrogen-bond donors (Lipinski definition) is 1. The van der Waals surface area contributed by atoms with Crippen LogP contribution in [0, 0.1) is 5.92 Å². The van der Waals surface area contributed by atoms with Crippen LogP contribution in [0.25, 0.3) is 0 Å². The van der Waals surface area contributed by atoms with E-state index < -0.39 is 10.0 Å². The SMILES string of the molecule is CC(C)C[C@@H]1COc2cc(N3CCCC3)ccc2S(=O)(=O)N1. The Morgan fingerprint density at radius 1 is 1.32 bits per heavy atom. The van der Waals surface area contributed by atoms with Crippen molar-refractivity contribution in [3.05, 3.63) is 18.2 Å². The van der Waals surface area contributed by atoms with Crippen LogP contribution in [0.3, 0.4) is 0 Å². The molecular weight excluding hydrogens is 300 g/mol. The Morgan fingerprint density at radius 3 is 2.73 bits per heavy atom. The summed E-state index contributed by atoms with van der Waals surface area (Å²) in [4.78, 5) is 2.53. The normalized spacial score (nSPS) is 24.0. The van der Waals surface area contributed by atoms with Gasteiger partial charge in [-0.05, 0) is 37.3 Å². The first-order valence-electron chi connectivity index (χ1n) is 8.00. The van der Waals surface area contributed by atoms with Gasteiger partial charge in [0.05, 0.1) is 6.04 Å². The van der Waals surface area contributed by atoms with E-state index in [4.69, 9.17) is 4.74 Å². The van der Waals surface area contributed by atoms with Gasteiger partial charge in [-0.25, -0.2) is 13.1 Å². The molecule has 3 rings (SSSR count). The van der Waals surface area contributed by atoms with E-state index in [0.717, 1.165) is 25.2 Å². The zero-order chi connectivity index (χ0) is 15.7. The minimum absolute atomic E-state index is 0.173. The molecule has 5 nitrogen and oxygen atoms in total. The average Bonchev–Trinajstić information content (AvgIpc) is 2.93. The number of hydrogen-bond acceptors (Lipinski definition) is 4. The van der Waals surface area contributed by atoms with Crippen molar-refractivity contribution in [3.63, 3.8) is 0 Å². The highest BCUT2D eigenvalue weighted by atomic mass is 32.2. The predicted molar refractivity (Wildman–Crippen MR) is 86.9 cm³/mol. The molecule has 0 aromatic heterocycles. The van der Waals surface area contributed by atoms with Gasteiger partial charge < -0.3 is 9.64 Å². The molecule has 0 aliphatic carbocycles. The number of rotatable bonds is 3. The summed E-state index contributed by atoms with van der Waals surface area (Å²) in [5, 5.41) is 0. The standard InChI is InChI=1S/C16H24N2O3S/c1-12(2)9-13-11-21-15-10-14(18-7-3-4-8-18)5-6-16(15)22(19,20)17-13/h5-6,10,12-13,17H,3-4,7-9,11H2,1-2H3/t13-/m1/s1. The lowest BCUT2D eigenvalue weighted by Gasteiger charge is -2.19. The van der Waals surface area contributed by atoms with Crippen LogP contribution in [0.15, 0.2) is 23.1 Å². The van der Waals surface area contributed by atoms with E-state index in [0.29, 0.717) is 18.3 Å². The van der Waals surface area contributed by atoms with E-state index in [2.05, 4.69) is 23.5 Å². The van der Waals surface area contributed by atoms with Gasteiger partial charge in [0, 0.05) is 24.8 Å². The monoisotopic (exact) mass is 324 g/mol. The minimum atomic E-state index is -3.51. The fraction of sp³-hybridized carbons (Fsp3) is 0.625. The van der Waals surface area contributed by atoms with Crippen LogP contribution in [0.4, 0.5) is 5.69 Å². The van der Waals surface area contributed by atoms with Crippen LogP contribution >= 0.6 is 0 Å². The first-order chi connectivity index (χ1) is 10.5. The second-order valence-corrected chi connectivity index (χ2v) is 8.27. The third-order valence-electron chi connectivity index (χ3n) is 4.21. The van der Waals surface area contributed by atoms with Gasteiger partial charge in [-0.15, -0.1) is 0 Å². The Bertz CT molecular complexity index is 637. The molecule has 1 aromatic carbocycles. The van der Waals surface area contributed by atoms with Crippen molar-refractivity contribution in [1.29, 1.82) is 0 Å². The van der Waals surface area contributed by atoms with Gasteiger partial charge >= 0.3 is 0 Å². The summed E-state index contributed by atoms with van der Waals surface area (Å²) in [6.07, 6.45) is 3.15.